The number of hydrogen-bond acceptors (Lipinski definition) is 24. The molecule has 14 unspecified atom stereocenters. The Morgan fingerprint density at radius 2 is 1.69 bits per heavy atom. The number of benzene rings is 2. The van der Waals surface area contributed by atoms with Crippen LogP contribution in [0.3, 0.4) is 0 Å². The Labute approximate surface area is 486 Å². The van der Waals surface area contributed by atoms with Gasteiger partial charge in [0.05, 0.1) is 12.6 Å². The van der Waals surface area contributed by atoms with Gasteiger partial charge < -0.3 is 105 Å². The van der Waals surface area contributed by atoms with E-state index < -0.39 is 179 Å². The van der Waals surface area contributed by atoms with Crippen LogP contribution in [0.25, 0.3) is 22.3 Å². The number of Topliss-reactive ketones (excluding diaryl/α,β-unsaturated/α-hetero) is 1. The number of allylic oxidation sites excluding steroid dienone is 4. The maximum atomic E-state index is 16.1. The number of aliphatic carboxylic acids is 1. The highest BCUT2D eigenvalue weighted by atomic mass is 16.8. The topological polar surface area (TPSA) is 441 Å². The maximum Gasteiger partial charge on any atom is 0.354 e. The zero-order chi connectivity index (χ0) is 61.2. The molecule has 2 aromatic heterocycles. The first kappa shape index (κ1) is 58.5. The number of piperidine rings is 1. The number of carboxylic acid groups (broad SMARTS) is 1. The molecular formula is C60H59N3O23. The highest BCUT2D eigenvalue weighted by molar-refractivity contribution is 5.90. The van der Waals surface area contributed by atoms with Gasteiger partial charge in [-0.15, -0.1) is 0 Å². The van der Waals surface area contributed by atoms with Crippen LogP contribution in [-0.4, -0.2) is 185 Å². The van der Waals surface area contributed by atoms with Crippen LogP contribution in [0.1, 0.15) is 66.8 Å². The van der Waals surface area contributed by atoms with Crippen LogP contribution in [0.4, 0.5) is 0 Å². The number of esters is 1. The molecule has 26 heteroatoms. The number of nitrogens with one attached hydrogen (secondary N) is 3. The molecule has 14 atom stereocenters. The van der Waals surface area contributed by atoms with Crippen LogP contribution in [-0.2, 0) is 41.4 Å². The monoisotopic (exact) mass is 1190 g/mol. The molecule has 0 saturated carbocycles. The third-order valence-electron chi connectivity index (χ3n) is 17.9. The van der Waals surface area contributed by atoms with Crippen LogP contribution >= 0.6 is 0 Å². The van der Waals surface area contributed by atoms with Crippen molar-refractivity contribution in [3.63, 3.8) is 0 Å². The standard InChI is InChI=1S/C60H59N3O23/c64-13-8-30-15-31(18-40(69)46(30)70)41-21-39(68)45-42(82-41)22-43-44(47(45)71)36(32-17-37-29-4-1-6-34(16-29)63-52(37)62-24-32)19-33-20-38-28(7-12-61-38)5-2-9-55(79)48(72)50(74)59(33,83-43)86-57(55)11-3-10-56(53(76)77)60(80,81)51(75)49(73)58(85-56,84-54(57)78)23-27(25-65)14-35(67)26-66/h1,6-7,12,15,17-19,21-22,24,27,29,34,36,48-52,61-66,69-75,79-81H,4,8-9,11,13-14,16,20,23,25-26H2,(H,76,77). The summed E-state index contributed by atoms with van der Waals surface area (Å²) < 4.78 is 32.2. The quantitative estimate of drug-likeness (QED) is 0.0261. The van der Waals surface area contributed by atoms with Gasteiger partial charge in [-0.25, -0.2) is 9.59 Å². The number of ketones is 1. The molecule has 7 aliphatic heterocycles. The van der Waals surface area contributed by atoms with Crippen LogP contribution < -0.4 is 20.8 Å². The molecular weight excluding hydrogens is 1130 g/mol. The van der Waals surface area contributed by atoms with E-state index >= 15 is 4.79 Å². The highest BCUT2D eigenvalue weighted by Crippen LogP contribution is 2.58. The van der Waals surface area contributed by atoms with Crippen molar-refractivity contribution in [3.05, 3.63) is 116 Å². The predicted molar refractivity (Wildman–Crippen MR) is 290 cm³/mol. The Hall–Kier alpha value is -7.90. The molecule has 3 saturated heterocycles. The minimum absolute atomic E-state index is 0.00119. The van der Waals surface area contributed by atoms with E-state index in [1.807, 2.05) is 12.0 Å². The molecule has 13 rings (SSSR count). The zero-order valence-electron chi connectivity index (χ0n) is 45.3. The second-order valence-electron chi connectivity index (χ2n) is 23.0. The number of rotatable bonds is 11. The van der Waals surface area contributed by atoms with Crippen molar-refractivity contribution in [2.75, 3.05) is 19.8 Å². The molecule has 2 aromatic carbocycles. The van der Waals surface area contributed by atoms with Crippen molar-refractivity contribution in [3.8, 4) is 58.0 Å². The largest absolute Gasteiger partial charge is 0.507 e. The molecule has 6 bridgehead atoms. The summed E-state index contributed by atoms with van der Waals surface area (Å²) in [6.45, 7) is -2.62. The van der Waals surface area contributed by atoms with Gasteiger partial charge in [0.15, 0.2) is 34.9 Å². The summed E-state index contributed by atoms with van der Waals surface area (Å²) in [6, 6.07) is 6.14. The fourth-order valence-corrected chi connectivity index (χ4v) is 13.4. The van der Waals surface area contributed by atoms with E-state index in [1.165, 1.54) is 18.3 Å². The van der Waals surface area contributed by atoms with Crippen LogP contribution in [0.5, 0.6) is 23.0 Å². The third-order valence-corrected chi connectivity index (χ3v) is 17.9. The fraction of sp³-hybridized carbons (Fsp3) is 0.433. The molecule has 9 aliphatic rings. The van der Waals surface area contributed by atoms with Gasteiger partial charge in [-0.05, 0) is 66.4 Å². The van der Waals surface area contributed by atoms with E-state index in [0.717, 1.165) is 30.2 Å². The number of carbonyl (C=O) groups is 3. The maximum absolute atomic E-state index is 16.1. The average Bonchev–Trinajstić information content (AvgIpc) is 1.23. The summed E-state index contributed by atoms with van der Waals surface area (Å²) in [5, 5.41) is 168. The van der Waals surface area contributed by atoms with E-state index in [0.29, 0.717) is 12.0 Å². The van der Waals surface area contributed by atoms with Gasteiger partial charge in [0, 0.05) is 109 Å². The molecule has 2 aliphatic carbocycles. The van der Waals surface area contributed by atoms with Gasteiger partial charge in [0.25, 0.3) is 11.4 Å². The van der Waals surface area contributed by atoms with Crippen molar-refractivity contribution in [2.45, 2.75) is 128 Å². The Morgan fingerprint density at radius 1 is 0.895 bits per heavy atom. The number of phenols is 3. The van der Waals surface area contributed by atoms with E-state index in [4.69, 9.17) is 23.4 Å². The number of phenolic OH excluding ortho intramolecular Hbond substituents is 3. The molecule has 2 spiro atoms. The average molecular weight is 1190 g/mol. The molecule has 3 fully saturated rings. The summed E-state index contributed by atoms with van der Waals surface area (Å²) in [5.41, 5.74) is -10.5. The van der Waals surface area contributed by atoms with E-state index in [1.54, 1.807) is 12.3 Å². The lowest BCUT2D eigenvalue weighted by Crippen LogP contribution is -2.81. The molecule has 452 valence electrons. The zero-order valence-corrected chi connectivity index (χ0v) is 45.3. The minimum atomic E-state index is -4.12. The van der Waals surface area contributed by atoms with Crippen molar-refractivity contribution in [2.24, 2.45) is 11.8 Å². The van der Waals surface area contributed by atoms with Crippen molar-refractivity contribution >= 4 is 28.7 Å². The van der Waals surface area contributed by atoms with Crippen LogP contribution in [0.2, 0.25) is 0 Å². The van der Waals surface area contributed by atoms with Gasteiger partial charge in [0.2, 0.25) is 17.2 Å². The lowest BCUT2D eigenvalue weighted by molar-refractivity contribution is -0.434. The number of H-pyrrole nitrogens is 1. The van der Waals surface area contributed by atoms with Crippen molar-refractivity contribution in [1.29, 1.82) is 0 Å². The smallest absolute Gasteiger partial charge is 0.354 e. The second-order valence-corrected chi connectivity index (χ2v) is 23.0. The minimum Gasteiger partial charge on any atom is -0.507 e. The van der Waals surface area contributed by atoms with E-state index in [-0.39, 0.29) is 63.8 Å². The van der Waals surface area contributed by atoms with Gasteiger partial charge in [-0.3, -0.25) is 14.9 Å². The fourth-order valence-electron chi connectivity index (χ4n) is 13.4. The van der Waals surface area contributed by atoms with E-state index in [9.17, 15) is 85.9 Å². The number of hydrogen-bond donors (Lipinski definition) is 17. The number of aliphatic hydroxyl groups is 10. The summed E-state index contributed by atoms with van der Waals surface area (Å²) in [6.07, 6.45) is -4.81. The van der Waals surface area contributed by atoms with Crippen LogP contribution in [0, 0.1) is 35.5 Å². The Bertz CT molecular complexity index is 3860. The first-order valence-electron chi connectivity index (χ1n) is 27.6. The summed E-state index contributed by atoms with van der Waals surface area (Å²) >= 11 is 0. The number of aliphatic hydroxyl groups excluding tert-OH is 7. The Kier molecular flexibility index (Phi) is 14.2. The second kappa shape index (κ2) is 20.9. The number of carboxylic acids is 1. The summed E-state index contributed by atoms with van der Waals surface area (Å²) in [4.78, 5) is 60.1. The number of aromatic amines is 1. The predicted octanol–water partition coefficient (Wildman–Crippen LogP) is -1.71. The highest BCUT2D eigenvalue weighted by Gasteiger charge is 2.78. The third kappa shape index (κ3) is 8.70. The van der Waals surface area contributed by atoms with Gasteiger partial charge in [0.1, 0.15) is 52.6 Å². The van der Waals surface area contributed by atoms with Crippen molar-refractivity contribution < 1.29 is 109 Å². The van der Waals surface area contributed by atoms with Gasteiger partial charge in [-0.1, -0.05) is 42.1 Å². The molecule has 26 nitrogen and oxygen atoms in total. The molecule has 0 radical (unpaired) electrons. The Balaban J connectivity index is 1.13. The molecule has 4 aromatic rings. The number of aromatic nitrogens is 1. The molecule has 9 heterocycles. The van der Waals surface area contributed by atoms with Crippen LogP contribution in [0.15, 0.2) is 93.0 Å². The van der Waals surface area contributed by atoms with Gasteiger partial charge >= 0.3 is 11.9 Å². The number of dihydropyridines is 1. The molecule has 17 N–H and O–H groups in total. The first-order chi connectivity index (χ1) is 40.9. The lowest BCUT2D eigenvalue weighted by atomic mass is 9.67. The van der Waals surface area contributed by atoms with E-state index in [2.05, 4.69) is 45.5 Å². The molecule has 86 heavy (non-hydrogen) atoms. The normalized spacial score (nSPS) is 34.0. The summed E-state index contributed by atoms with van der Waals surface area (Å²) in [5.74, 6) is -11.7. The lowest BCUT2D eigenvalue weighted by Gasteiger charge is -2.58. The van der Waals surface area contributed by atoms with Gasteiger partial charge in [-0.2, -0.15) is 0 Å². The number of fused-ring (bicyclic) bond motifs is 10. The summed E-state index contributed by atoms with van der Waals surface area (Å²) in [7, 11) is 0. The first-order valence-corrected chi connectivity index (χ1v) is 27.6. The number of ether oxygens (including phenoxy) is 4. The number of carbonyl (C=O) groups excluding carboxylic acids is 2. The Morgan fingerprint density at radius 3 is 2.43 bits per heavy atom. The molecule has 0 amide bonds. The number of aromatic hydroxyl groups is 3. The SMILES string of the molecule is O=C(CO)CC(CO)CC12OC(=O)C3(CC#CC(C(=O)O)(O1)C(O)(O)C(O)C2O)OC12Oc4cc5oc(-c6cc(O)c(O)c(CCO)c6)cc(=O)c5c(O)c4C(C4=CNC5NC6C=CCC(C6)C5=C4)C=C1Cc1[nH]ccc1C#CCC3(O)C(O)C2O. The van der Waals surface area contributed by atoms with Crippen molar-refractivity contribution in [1.82, 2.24) is 15.6 Å².